The van der Waals surface area contributed by atoms with Gasteiger partial charge in [-0.15, -0.1) is 0 Å². The molecule has 0 amide bonds. The van der Waals surface area contributed by atoms with E-state index in [0.29, 0.717) is 5.92 Å². The minimum Gasteiger partial charge on any atom is -0.456 e. The highest BCUT2D eigenvalue weighted by atomic mass is 16.3. The fourth-order valence-electron chi connectivity index (χ4n) is 6.31. The Hall–Kier alpha value is -4.50. The van der Waals surface area contributed by atoms with Crippen molar-refractivity contribution in [3.63, 3.8) is 0 Å². The highest BCUT2D eigenvalue weighted by molar-refractivity contribution is 6.07. The summed E-state index contributed by atoms with van der Waals surface area (Å²) in [4.78, 5) is 2.30. The van der Waals surface area contributed by atoms with Crippen molar-refractivity contribution in [1.29, 1.82) is 0 Å². The Morgan fingerprint density at radius 3 is 1.50 bits per heavy atom. The second-order valence-corrected chi connectivity index (χ2v) is 10.5. The fourth-order valence-corrected chi connectivity index (χ4v) is 6.31. The van der Waals surface area contributed by atoms with Gasteiger partial charge in [0.15, 0.2) is 0 Å². The first-order valence-electron chi connectivity index (χ1n) is 13.5. The van der Waals surface area contributed by atoms with Gasteiger partial charge in [-0.05, 0) is 72.9 Å². The Morgan fingerprint density at radius 1 is 0.474 bits per heavy atom. The van der Waals surface area contributed by atoms with Crippen LogP contribution < -0.4 is 4.90 Å². The lowest BCUT2D eigenvalue weighted by atomic mass is 9.97. The zero-order valence-electron chi connectivity index (χ0n) is 21.1. The van der Waals surface area contributed by atoms with Crippen LogP contribution in [0.5, 0.6) is 0 Å². The maximum atomic E-state index is 6.27. The Bertz CT molecular complexity index is 1820. The summed E-state index contributed by atoms with van der Waals surface area (Å²) in [6.45, 7) is 0. The van der Waals surface area contributed by atoms with Crippen LogP contribution in [0, 0.1) is 0 Å². The maximum Gasteiger partial charge on any atom is 0.137 e. The van der Waals surface area contributed by atoms with E-state index in [-0.39, 0.29) is 0 Å². The third kappa shape index (κ3) is 3.42. The van der Waals surface area contributed by atoms with Crippen LogP contribution in [-0.4, -0.2) is 0 Å². The molecule has 0 atom stereocenters. The Labute approximate surface area is 220 Å². The van der Waals surface area contributed by atoms with Gasteiger partial charge in [-0.2, -0.15) is 0 Å². The second-order valence-electron chi connectivity index (χ2n) is 10.5. The summed E-state index contributed by atoms with van der Waals surface area (Å²) in [5.41, 5.74) is 8.29. The molecule has 0 radical (unpaired) electrons. The van der Waals surface area contributed by atoms with Crippen LogP contribution in [0.4, 0.5) is 17.1 Å². The van der Waals surface area contributed by atoms with Gasteiger partial charge in [0.1, 0.15) is 22.3 Å². The molecule has 2 aromatic heterocycles. The van der Waals surface area contributed by atoms with Crippen LogP contribution in [0.2, 0.25) is 0 Å². The molecule has 0 unspecified atom stereocenters. The molecular formula is C35H27NO2. The number of fused-ring (bicyclic) bond motifs is 6. The summed E-state index contributed by atoms with van der Waals surface area (Å²) in [6.07, 6.45) is 5.28. The van der Waals surface area contributed by atoms with Crippen LogP contribution >= 0.6 is 0 Å². The molecule has 0 bridgehead atoms. The molecule has 2 heterocycles. The Balaban J connectivity index is 1.29. The smallest absolute Gasteiger partial charge is 0.137 e. The summed E-state index contributed by atoms with van der Waals surface area (Å²) in [7, 11) is 0. The van der Waals surface area contributed by atoms with Crippen LogP contribution in [0.15, 0.2) is 118 Å². The van der Waals surface area contributed by atoms with E-state index in [2.05, 4.69) is 89.8 Å². The summed E-state index contributed by atoms with van der Waals surface area (Å²) < 4.78 is 12.5. The molecule has 38 heavy (non-hydrogen) atoms. The van der Waals surface area contributed by atoms with Gasteiger partial charge in [0.2, 0.25) is 0 Å². The fraction of sp³-hybridized carbons (Fsp3) is 0.143. The van der Waals surface area contributed by atoms with Crippen molar-refractivity contribution in [2.24, 2.45) is 0 Å². The third-order valence-electron chi connectivity index (χ3n) is 8.22. The maximum absolute atomic E-state index is 6.27. The third-order valence-corrected chi connectivity index (χ3v) is 8.22. The van der Waals surface area contributed by atoms with Crippen molar-refractivity contribution in [3.05, 3.63) is 115 Å². The van der Waals surface area contributed by atoms with Crippen molar-refractivity contribution >= 4 is 60.9 Å². The molecule has 1 saturated carbocycles. The molecule has 7 aromatic rings. The van der Waals surface area contributed by atoms with Crippen LogP contribution in [0.25, 0.3) is 43.9 Å². The number of nitrogens with zero attached hydrogens (tertiary/aromatic N) is 1. The summed E-state index contributed by atoms with van der Waals surface area (Å²) in [5.74, 6) is 0.691. The van der Waals surface area contributed by atoms with E-state index in [1.165, 1.54) is 31.2 Å². The standard InChI is InChI=1S/C35H27NO2/c1-2-8-23(7-1)24-13-15-25(16-14-24)36(26-17-19-30-28-9-3-5-11-32(28)37-34(30)21-26)27-18-20-31-29-10-4-6-12-33(29)38-35(31)22-27/h3-6,9-23H,1-2,7-8H2. The highest BCUT2D eigenvalue weighted by Crippen LogP contribution is 2.42. The molecule has 0 N–H and O–H groups in total. The van der Waals surface area contributed by atoms with Gasteiger partial charge in [0.05, 0.1) is 0 Å². The van der Waals surface area contributed by atoms with E-state index in [9.17, 15) is 0 Å². The normalized spacial score (nSPS) is 14.3. The van der Waals surface area contributed by atoms with E-state index >= 15 is 0 Å². The minimum absolute atomic E-state index is 0.691. The van der Waals surface area contributed by atoms with Crippen molar-refractivity contribution < 1.29 is 8.83 Å². The average molecular weight is 494 g/mol. The lowest BCUT2D eigenvalue weighted by Gasteiger charge is -2.26. The first kappa shape index (κ1) is 21.6. The number of hydrogen-bond acceptors (Lipinski definition) is 3. The SMILES string of the molecule is c1ccc2c(c1)oc1cc(N(c3ccc(C4CCCC4)cc3)c3ccc4c(c3)oc3ccccc34)ccc12. The lowest BCUT2D eigenvalue weighted by molar-refractivity contribution is 0.669. The minimum atomic E-state index is 0.691. The predicted octanol–water partition coefficient (Wildman–Crippen LogP) is 10.6. The van der Waals surface area contributed by atoms with Crippen molar-refractivity contribution in [3.8, 4) is 0 Å². The van der Waals surface area contributed by atoms with Crippen LogP contribution in [-0.2, 0) is 0 Å². The molecule has 8 rings (SSSR count). The molecule has 0 spiro atoms. The molecule has 0 saturated heterocycles. The summed E-state index contributed by atoms with van der Waals surface area (Å²) in [5, 5.41) is 4.55. The molecule has 0 aliphatic heterocycles. The summed E-state index contributed by atoms with van der Waals surface area (Å²) >= 11 is 0. The first-order valence-corrected chi connectivity index (χ1v) is 13.5. The van der Waals surface area contributed by atoms with Gasteiger partial charge in [0.25, 0.3) is 0 Å². The first-order chi connectivity index (χ1) is 18.8. The van der Waals surface area contributed by atoms with Gasteiger partial charge in [0, 0.05) is 50.7 Å². The summed E-state index contributed by atoms with van der Waals surface area (Å²) in [6, 6.07) is 38.7. The van der Waals surface area contributed by atoms with Gasteiger partial charge >= 0.3 is 0 Å². The Morgan fingerprint density at radius 2 is 0.947 bits per heavy atom. The number of benzene rings is 5. The lowest BCUT2D eigenvalue weighted by Crippen LogP contribution is -2.10. The molecule has 1 aliphatic carbocycles. The largest absolute Gasteiger partial charge is 0.456 e. The average Bonchev–Trinajstić information content (AvgIpc) is 3.70. The van der Waals surface area contributed by atoms with Gasteiger partial charge in [-0.1, -0.05) is 61.4 Å². The molecule has 1 aliphatic rings. The van der Waals surface area contributed by atoms with Crippen LogP contribution in [0.3, 0.4) is 0 Å². The monoisotopic (exact) mass is 493 g/mol. The van der Waals surface area contributed by atoms with E-state index in [1.54, 1.807) is 0 Å². The van der Waals surface area contributed by atoms with Gasteiger partial charge < -0.3 is 13.7 Å². The molecule has 3 nitrogen and oxygen atoms in total. The van der Waals surface area contributed by atoms with Gasteiger partial charge in [-0.3, -0.25) is 0 Å². The van der Waals surface area contributed by atoms with Crippen molar-refractivity contribution in [1.82, 2.24) is 0 Å². The number of rotatable bonds is 4. The van der Waals surface area contributed by atoms with E-state index in [4.69, 9.17) is 8.83 Å². The molecule has 184 valence electrons. The number of anilines is 3. The zero-order chi connectivity index (χ0) is 25.1. The van der Waals surface area contributed by atoms with E-state index in [1.807, 2.05) is 24.3 Å². The van der Waals surface area contributed by atoms with Crippen LogP contribution in [0.1, 0.15) is 37.2 Å². The Kier molecular flexibility index (Phi) is 4.84. The molecule has 3 heteroatoms. The second kappa shape index (κ2) is 8.53. The van der Waals surface area contributed by atoms with Crippen molar-refractivity contribution in [2.75, 3.05) is 4.90 Å². The number of furan rings is 2. The topological polar surface area (TPSA) is 29.5 Å². The van der Waals surface area contributed by atoms with E-state index < -0.39 is 0 Å². The predicted molar refractivity (Wildman–Crippen MR) is 157 cm³/mol. The quantitative estimate of drug-likeness (QED) is 0.244. The van der Waals surface area contributed by atoms with Crippen molar-refractivity contribution in [2.45, 2.75) is 31.6 Å². The highest BCUT2D eigenvalue weighted by Gasteiger charge is 2.20. The zero-order valence-corrected chi connectivity index (χ0v) is 21.1. The van der Waals surface area contributed by atoms with Gasteiger partial charge in [-0.25, -0.2) is 0 Å². The molecular weight excluding hydrogens is 466 g/mol. The van der Waals surface area contributed by atoms with E-state index in [0.717, 1.165) is 60.9 Å². The number of para-hydroxylation sites is 2. The number of hydrogen-bond donors (Lipinski definition) is 0. The molecule has 5 aromatic carbocycles. The molecule has 1 fully saturated rings.